The fourth-order valence-electron chi connectivity index (χ4n) is 1.67. The van der Waals surface area contributed by atoms with Gasteiger partial charge in [0.25, 0.3) is 11.4 Å². The van der Waals surface area contributed by atoms with Crippen LogP contribution in [0.5, 0.6) is 0 Å². The van der Waals surface area contributed by atoms with E-state index in [0.29, 0.717) is 0 Å². The third kappa shape index (κ3) is 2.29. The Kier molecular flexibility index (Phi) is 3.13. The standard InChI is InChI=1S/C10H6N4O6/c15-11-3-1-9(13(17)18)7(5-11)8-6-12(16)4-2-10(8)14(19)20/h1-6H. The molecule has 0 aliphatic rings. The molecule has 0 saturated heterocycles. The summed E-state index contributed by atoms with van der Waals surface area (Å²) < 4.78 is 0.516. The van der Waals surface area contributed by atoms with Crippen molar-refractivity contribution in [2.75, 3.05) is 0 Å². The van der Waals surface area contributed by atoms with Crippen molar-refractivity contribution in [3.63, 3.8) is 0 Å². The summed E-state index contributed by atoms with van der Waals surface area (Å²) >= 11 is 0. The van der Waals surface area contributed by atoms with E-state index in [-0.39, 0.29) is 20.6 Å². The minimum Gasteiger partial charge on any atom is -0.619 e. The fourth-order valence-corrected chi connectivity index (χ4v) is 1.67. The summed E-state index contributed by atoms with van der Waals surface area (Å²) in [4.78, 5) is 20.2. The lowest BCUT2D eigenvalue weighted by molar-refractivity contribution is -0.607. The third-order valence-corrected chi connectivity index (χ3v) is 2.51. The first kappa shape index (κ1) is 13.1. The van der Waals surface area contributed by atoms with Crippen LogP contribution in [0, 0.1) is 30.6 Å². The van der Waals surface area contributed by atoms with Crippen LogP contribution in [0.4, 0.5) is 11.4 Å². The Morgan fingerprint density at radius 3 is 1.45 bits per heavy atom. The maximum Gasteiger partial charge on any atom is 0.289 e. The predicted molar refractivity (Wildman–Crippen MR) is 63.1 cm³/mol. The van der Waals surface area contributed by atoms with Gasteiger partial charge in [-0.3, -0.25) is 20.2 Å². The Balaban J connectivity index is 2.79. The average Bonchev–Trinajstić information content (AvgIpc) is 2.37. The summed E-state index contributed by atoms with van der Waals surface area (Å²) in [6.45, 7) is 0. The van der Waals surface area contributed by atoms with Crippen LogP contribution in [-0.2, 0) is 0 Å². The molecule has 102 valence electrons. The largest absolute Gasteiger partial charge is 0.619 e. The van der Waals surface area contributed by atoms with Crippen molar-refractivity contribution in [2.45, 2.75) is 0 Å². The highest BCUT2D eigenvalue weighted by molar-refractivity contribution is 5.77. The lowest BCUT2D eigenvalue weighted by Gasteiger charge is -2.04. The number of rotatable bonds is 3. The van der Waals surface area contributed by atoms with Gasteiger partial charge in [0.05, 0.1) is 22.0 Å². The third-order valence-electron chi connectivity index (χ3n) is 2.51. The van der Waals surface area contributed by atoms with Gasteiger partial charge in [-0.05, 0) is 0 Å². The van der Waals surface area contributed by atoms with E-state index >= 15 is 0 Å². The molecule has 0 fully saturated rings. The minimum atomic E-state index is -0.790. The number of nitro groups is 2. The van der Waals surface area contributed by atoms with E-state index in [0.717, 1.165) is 36.9 Å². The maximum absolute atomic E-state index is 11.2. The molecule has 0 aliphatic heterocycles. The normalized spacial score (nSPS) is 10.2. The Labute approximate surface area is 110 Å². The van der Waals surface area contributed by atoms with Gasteiger partial charge in [0.15, 0.2) is 24.8 Å². The highest BCUT2D eigenvalue weighted by Gasteiger charge is 2.28. The molecular formula is C10H6N4O6. The molecule has 0 radical (unpaired) electrons. The molecule has 0 atom stereocenters. The van der Waals surface area contributed by atoms with Crippen molar-refractivity contribution in [3.8, 4) is 11.1 Å². The van der Waals surface area contributed by atoms with E-state index in [4.69, 9.17) is 0 Å². The molecule has 0 N–H and O–H groups in total. The molecule has 10 heteroatoms. The molecule has 0 aromatic carbocycles. The first-order valence-corrected chi connectivity index (χ1v) is 5.15. The SMILES string of the molecule is O=[N+]([O-])c1cc[n+]([O-])cc1-c1c[n+]([O-])ccc1[N+](=O)[O-]. The van der Waals surface area contributed by atoms with Crippen LogP contribution >= 0.6 is 0 Å². The summed E-state index contributed by atoms with van der Waals surface area (Å²) in [6.07, 6.45) is 3.39. The second kappa shape index (κ2) is 4.76. The summed E-state index contributed by atoms with van der Waals surface area (Å²) in [5.41, 5.74) is -1.62. The number of nitrogens with zero attached hydrogens (tertiary/aromatic N) is 4. The lowest BCUT2D eigenvalue weighted by Crippen LogP contribution is -2.27. The topological polar surface area (TPSA) is 140 Å². The van der Waals surface area contributed by atoms with Gasteiger partial charge in [-0.25, -0.2) is 0 Å². The zero-order chi connectivity index (χ0) is 14.9. The molecule has 2 heterocycles. The summed E-state index contributed by atoms with van der Waals surface area (Å²) in [5.74, 6) is 0. The van der Waals surface area contributed by atoms with Gasteiger partial charge in [-0.15, -0.1) is 0 Å². The zero-order valence-corrected chi connectivity index (χ0v) is 9.70. The van der Waals surface area contributed by atoms with Crippen molar-refractivity contribution < 1.29 is 19.3 Å². The van der Waals surface area contributed by atoms with Crippen LogP contribution in [0.15, 0.2) is 36.9 Å². The van der Waals surface area contributed by atoms with Crippen LogP contribution in [0.1, 0.15) is 0 Å². The molecule has 0 bridgehead atoms. The average molecular weight is 278 g/mol. The quantitative estimate of drug-likeness (QED) is 0.345. The van der Waals surface area contributed by atoms with Crippen LogP contribution in [-0.4, -0.2) is 9.85 Å². The molecule has 2 aromatic heterocycles. The Bertz CT molecular complexity index is 655. The van der Waals surface area contributed by atoms with Gasteiger partial charge in [-0.2, -0.15) is 9.46 Å². The monoisotopic (exact) mass is 278 g/mol. The lowest BCUT2D eigenvalue weighted by atomic mass is 10.1. The molecule has 0 aliphatic carbocycles. The van der Waals surface area contributed by atoms with Crippen molar-refractivity contribution >= 4 is 11.4 Å². The molecule has 2 rings (SSSR count). The smallest absolute Gasteiger partial charge is 0.289 e. The van der Waals surface area contributed by atoms with E-state index in [1.807, 2.05) is 0 Å². The fraction of sp³-hybridized carbons (Fsp3) is 0. The van der Waals surface area contributed by atoms with Gasteiger partial charge >= 0.3 is 0 Å². The van der Waals surface area contributed by atoms with Crippen LogP contribution in [0.25, 0.3) is 11.1 Å². The van der Waals surface area contributed by atoms with Gasteiger partial charge in [0, 0.05) is 0 Å². The number of aromatic nitrogens is 2. The second-order valence-corrected chi connectivity index (χ2v) is 3.72. The van der Waals surface area contributed by atoms with Crippen molar-refractivity contribution in [2.24, 2.45) is 0 Å². The molecule has 0 spiro atoms. The van der Waals surface area contributed by atoms with E-state index in [1.54, 1.807) is 0 Å². The van der Waals surface area contributed by atoms with Gasteiger partial charge in [0.1, 0.15) is 11.1 Å². The van der Waals surface area contributed by atoms with Gasteiger partial charge in [0.2, 0.25) is 0 Å². The molecule has 0 saturated carbocycles. The van der Waals surface area contributed by atoms with Crippen LogP contribution < -0.4 is 9.46 Å². The molecule has 20 heavy (non-hydrogen) atoms. The highest BCUT2D eigenvalue weighted by Crippen LogP contribution is 2.33. The van der Waals surface area contributed by atoms with Crippen molar-refractivity contribution in [1.82, 2.24) is 0 Å². The molecule has 0 amide bonds. The summed E-state index contributed by atoms with van der Waals surface area (Å²) in [7, 11) is 0. The Morgan fingerprint density at radius 1 is 0.800 bits per heavy atom. The van der Waals surface area contributed by atoms with E-state index in [1.165, 1.54) is 0 Å². The molecule has 10 nitrogen and oxygen atoms in total. The first-order chi connectivity index (χ1) is 9.40. The number of hydrogen-bond acceptors (Lipinski definition) is 6. The van der Waals surface area contributed by atoms with Gasteiger partial charge < -0.3 is 10.4 Å². The summed E-state index contributed by atoms with van der Waals surface area (Å²) in [6, 6.07) is 1.82. The number of pyridine rings is 2. The zero-order valence-electron chi connectivity index (χ0n) is 9.70. The molecule has 2 aromatic rings. The Hall–Kier alpha value is -3.30. The molecule has 0 unspecified atom stereocenters. The number of hydrogen-bond donors (Lipinski definition) is 0. The second-order valence-electron chi connectivity index (χ2n) is 3.72. The van der Waals surface area contributed by atoms with Crippen molar-refractivity contribution in [1.29, 1.82) is 0 Å². The predicted octanol–water partition coefficient (Wildman–Crippen LogP) is 0.437. The van der Waals surface area contributed by atoms with E-state index < -0.39 is 21.2 Å². The van der Waals surface area contributed by atoms with Crippen LogP contribution in [0.2, 0.25) is 0 Å². The first-order valence-electron chi connectivity index (χ1n) is 5.15. The van der Waals surface area contributed by atoms with E-state index in [9.17, 15) is 30.6 Å². The molecular weight excluding hydrogens is 272 g/mol. The van der Waals surface area contributed by atoms with E-state index in [2.05, 4.69) is 0 Å². The highest BCUT2D eigenvalue weighted by atomic mass is 16.6. The van der Waals surface area contributed by atoms with Gasteiger partial charge in [-0.1, -0.05) is 0 Å². The Morgan fingerprint density at radius 2 is 1.15 bits per heavy atom. The maximum atomic E-state index is 11.2. The minimum absolute atomic E-state index is 0.258. The summed E-state index contributed by atoms with van der Waals surface area (Å²) in [5, 5.41) is 44.3. The van der Waals surface area contributed by atoms with Crippen molar-refractivity contribution in [3.05, 3.63) is 67.6 Å². The van der Waals surface area contributed by atoms with Crippen LogP contribution in [0.3, 0.4) is 0 Å².